The molecule has 1 heterocycles. The van der Waals surface area contributed by atoms with Crippen LogP contribution in [-0.2, 0) is 17.1 Å². The van der Waals surface area contributed by atoms with Crippen molar-refractivity contribution >= 4 is 17.6 Å². The van der Waals surface area contributed by atoms with Crippen LogP contribution in [0.3, 0.4) is 0 Å². The largest absolute Gasteiger partial charge is 0.378 e. The Balaban J connectivity index is 2.07. The molecule has 1 aromatic carbocycles. The van der Waals surface area contributed by atoms with Crippen LogP contribution < -0.4 is 11.3 Å². The second-order valence-corrected chi connectivity index (χ2v) is 5.03. The van der Waals surface area contributed by atoms with Crippen molar-refractivity contribution in [2.75, 3.05) is 12.5 Å². The maximum atomic E-state index is 12.8. The van der Waals surface area contributed by atoms with Gasteiger partial charge in [-0.25, -0.2) is 20.2 Å². The molecule has 0 bridgehead atoms. The highest BCUT2D eigenvalue weighted by molar-refractivity contribution is 7.98. The molecule has 0 saturated heterocycles. The predicted molar refractivity (Wildman–Crippen MR) is 76.5 cm³/mol. The summed E-state index contributed by atoms with van der Waals surface area (Å²) in [6.45, 7) is 0.394. The van der Waals surface area contributed by atoms with Crippen LogP contribution in [0.5, 0.6) is 0 Å². The van der Waals surface area contributed by atoms with Crippen molar-refractivity contribution in [3.05, 3.63) is 47.7 Å². The van der Waals surface area contributed by atoms with E-state index >= 15 is 0 Å². The highest BCUT2D eigenvalue weighted by Gasteiger charge is 2.05. The van der Waals surface area contributed by atoms with Gasteiger partial charge in [0.2, 0.25) is 0 Å². The molecule has 0 spiro atoms. The Labute approximate surface area is 120 Å². The third kappa shape index (κ3) is 4.16. The lowest BCUT2D eigenvalue weighted by atomic mass is 10.4. The summed E-state index contributed by atoms with van der Waals surface area (Å²) in [5.41, 5.74) is 3.26. The van der Waals surface area contributed by atoms with Crippen LogP contribution in [0.4, 0.5) is 10.2 Å². The fraction of sp³-hybridized carbons (Fsp3) is 0.231. The van der Waals surface area contributed by atoms with Gasteiger partial charge in [-0.1, -0.05) is 0 Å². The van der Waals surface area contributed by atoms with Gasteiger partial charge in [0.15, 0.2) is 0 Å². The Kier molecular flexibility index (Phi) is 5.28. The second kappa shape index (κ2) is 7.18. The molecule has 7 heteroatoms. The molecule has 1 aromatic heterocycles. The van der Waals surface area contributed by atoms with Gasteiger partial charge in [-0.15, -0.1) is 11.8 Å². The Hall–Kier alpha value is -1.70. The zero-order chi connectivity index (χ0) is 14.4. The maximum absolute atomic E-state index is 12.8. The molecule has 0 amide bonds. The number of nitrogen functional groups attached to an aromatic ring is 1. The highest BCUT2D eigenvalue weighted by atomic mass is 32.2. The average Bonchev–Trinajstić information content (AvgIpc) is 2.47. The molecule has 106 valence electrons. The van der Waals surface area contributed by atoms with Crippen LogP contribution in [0.1, 0.15) is 11.5 Å². The van der Waals surface area contributed by atoms with E-state index in [0.29, 0.717) is 24.0 Å². The van der Waals surface area contributed by atoms with Crippen molar-refractivity contribution in [3.63, 3.8) is 0 Å². The number of methoxy groups -OCH3 is 1. The zero-order valence-corrected chi connectivity index (χ0v) is 11.8. The minimum absolute atomic E-state index is 0.248. The van der Waals surface area contributed by atoms with Gasteiger partial charge in [0, 0.05) is 18.1 Å². The van der Waals surface area contributed by atoms with Crippen molar-refractivity contribution in [1.82, 2.24) is 9.97 Å². The number of hydrogen-bond donors (Lipinski definition) is 2. The van der Waals surface area contributed by atoms with Crippen LogP contribution >= 0.6 is 11.8 Å². The second-order valence-electron chi connectivity index (χ2n) is 3.98. The number of nitrogens with zero attached hydrogens (tertiary/aromatic N) is 2. The van der Waals surface area contributed by atoms with E-state index in [2.05, 4.69) is 15.4 Å². The first kappa shape index (κ1) is 14.7. The average molecular weight is 294 g/mol. The Morgan fingerprint density at radius 1 is 1.30 bits per heavy atom. The first-order chi connectivity index (χ1) is 9.71. The van der Waals surface area contributed by atoms with Gasteiger partial charge in [0.1, 0.15) is 17.5 Å². The van der Waals surface area contributed by atoms with Crippen molar-refractivity contribution in [3.8, 4) is 0 Å². The number of rotatable bonds is 6. The van der Waals surface area contributed by atoms with Gasteiger partial charge >= 0.3 is 0 Å². The molecule has 0 aliphatic carbocycles. The van der Waals surface area contributed by atoms with Crippen LogP contribution in [0.25, 0.3) is 0 Å². The first-order valence-corrected chi connectivity index (χ1v) is 6.90. The Bertz CT molecular complexity index is 565. The maximum Gasteiger partial charge on any atom is 0.144 e. The number of hydrogen-bond acceptors (Lipinski definition) is 6. The summed E-state index contributed by atoms with van der Waals surface area (Å²) in [7, 11) is 1.60. The number of nitrogens with two attached hydrogens (primary N) is 1. The SMILES string of the molecule is COCc1cc(NN)nc(CSc2ccc(F)cc2)n1. The Morgan fingerprint density at radius 3 is 2.70 bits per heavy atom. The third-order valence-corrected chi connectivity index (χ3v) is 3.46. The van der Waals surface area contributed by atoms with E-state index < -0.39 is 0 Å². The molecular weight excluding hydrogens is 279 g/mol. The highest BCUT2D eigenvalue weighted by Crippen LogP contribution is 2.22. The van der Waals surface area contributed by atoms with Crippen molar-refractivity contribution in [1.29, 1.82) is 0 Å². The van der Waals surface area contributed by atoms with Gasteiger partial charge in [-0.3, -0.25) is 0 Å². The van der Waals surface area contributed by atoms with Gasteiger partial charge in [-0.05, 0) is 24.3 Å². The zero-order valence-electron chi connectivity index (χ0n) is 11.0. The fourth-order valence-corrected chi connectivity index (χ4v) is 2.34. The number of ether oxygens (including phenoxy) is 1. The molecule has 5 nitrogen and oxygen atoms in total. The summed E-state index contributed by atoms with van der Waals surface area (Å²) in [5, 5.41) is 0. The van der Waals surface area contributed by atoms with E-state index in [9.17, 15) is 4.39 Å². The fourth-order valence-electron chi connectivity index (χ4n) is 1.59. The predicted octanol–water partition coefficient (Wildman–Crippen LogP) is 2.34. The van der Waals surface area contributed by atoms with Gasteiger partial charge in [0.25, 0.3) is 0 Å². The molecule has 0 unspecified atom stereocenters. The number of anilines is 1. The summed E-state index contributed by atoms with van der Waals surface area (Å²) in [4.78, 5) is 9.60. The lowest BCUT2D eigenvalue weighted by Gasteiger charge is -2.07. The van der Waals surface area contributed by atoms with E-state index in [-0.39, 0.29) is 5.82 Å². The summed E-state index contributed by atoms with van der Waals surface area (Å²) >= 11 is 1.53. The van der Waals surface area contributed by atoms with Gasteiger partial charge in [-0.2, -0.15) is 0 Å². The van der Waals surface area contributed by atoms with Gasteiger partial charge in [0.05, 0.1) is 18.1 Å². The summed E-state index contributed by atoms with van der Waals surface area (Å²) < 4.78 is 17.9. The lowest BCUT2D eigenvalue weighted by molar-refractivity contribution is 0.181. The topological polar surface area (TPSA) is 73.1 Å². The van der Waals surface area contributed by atoms with Crippen LogP contribution in [0, 0.1) is 5.82 Å². The monoisotopic (exact) mass is 294 g/mol. The number of aromatic nitrogens is 2. The molecule has 2 rings (SSSR count). The van der Waals surface area contributed by atoms with Crippen LogP contribution in [0.15, 0.2) is 35.2 Å². The number of benzene rings is 1. The Morgan fingerprint density at radius 2 is 2.05 bits per heavy atom. The third-order valence-electron chi connectivity index (χ3n) is 2.45. The number of hydrazine groups is 1. The smallest absolute Gasteiger partial charge is 0.144 e. The molecule has 20 heavy (non-hydrogen) atoms. The summed E-state index contributed by atoms with van der Waals surface area (Å²) in [6.07, 6.45) is 0. The van der Waals surface area contributed by atoms with Crippen molar-refractivity contribution < 1.29 is 9.13 Å². The van der Waals surface area contributed by atoms with Crippen LogP contribution in [-0.4, -0.2) is 17.1 Å². The number of thioether (sulfide) groups is 1. The van der Waals surface area contributed by atoms with Crippen LogP contribution in [0.2, 0.25) is 0 Å². The molecule has 0 aliphatic rings. The molecule has 0 aliphatic heterocycles. The molecule has 0 saturated carbocycles. The molecule has 0 radical (unpaired) electrons. The molecule has 2 aromatic rings. The van der Waals surface area contributed by atoms with Crippen molar-refractivity contribution in [2.24, 2.45) is 5.84 Å². The summed E-state index contributed by atoms with van der Waals surface area (Å²) in [5.74, 6) is 6.88. The quantitative estimate of drug-likeness (QED) is 0.484. The minimum Gasteiger partial charge on any atom is -0.378 e. The number of nitrogens with one attached hydrogen (secondary N) is 1. The van der Waals surface area contributed by atoms with Crippen molar-refractivity contribution in [2.45, 2.75) is 17.3 Å². The summed E-state index contributed by atoms with van der Waals surface area (Å²) in [6, 6.07) is 8.03. The molecule has 0 atom stereocenters. The lowest BCUT2D eigenvalue weighted by Crippen LogP contribution is -2.11. The van der Waals surface area contributed by atoms with E-state index in [1.807, 2.05) is 0 Å². The minimum atomic E-state index is -0.248. The standard InChI is InChI=1S/C13H15FN4OS/c1-19-7-10-6-12(18-15)17-13(16-10)8-20-11-4-2-9(14)3-5-11/h2-6H,7-8,15H2,1H3,(H,16,17,18). The molecule has 0 fully saturated rings. The van der Waals surface area contributed by atoms with E-state index in [4.69, 9.17) is 10.6 Å². The number of halogens is 1. The molecule has 3 N–H and O–H groups in total. The van der Waals surface area contributed by atoms with E-state index in [1.165, 1.54) is 23.9 Å². The van der Waals surface area contributed by atoms with Gasteiger partial charge < -0.3 is 10.2 Å². The normalized spacial score (nSPS) is 10.6. The van der Waals surface area contributed by atoms with E-state index in [0.717, 1.165) is 10.6 Å². The molecular formula is C13H15FN4OS. The van der Waals surface area contributed by atoms with E-state index in [1.54, 1.807) is 25.3 Å². The first-order valence-electron chi connectivity index (χ1n) is 5.92.